The van der Waals surface area contributed by atoms with E-state index in [4.69, 9.17) is 0 Å². The van der Waals surface area contributed by atoms with E-state index < -0.39 is 11.0 Å². The molecule has 0 aromatic heterocycles. The largest absolute Gasteiger partial charge is 0.465 e. The first-order chi connectivity index (χ1) is 7.45. The molecule has 86 valence electrons. The minimum absolute atomic E-state index is 0.0556. The number of methoxy groups -OCH3 is 1. The molecule has 0 unspecified atom stereocenters. The van der Waals surface area contributed by atoms with Crippen molar-refractivity contribution in [1.29, 1.82) is 0 Å². The summed E-state index contributed by atoms with van der Waals surface area (Å²) in [5, 5.41) is 9.63. The number of nitrogens with zero attached hydrogens (tertiary/aromatic N) is 1. The lowest BCUT2D eigenvalue weighted by atomic mass is 10.2. The van der Waals surface area contributed by atoms with E-state index in [1.165, 1.54) is 13.2 Å². The predicted octanol–water partition coefficient (Wildman–Crippen LogP) is 2.60. The van der Waals surface area contributed by atoms with Gasteiger partial charge in [-0.2, -0.15) is 0 Å². The maximum Gasteiger partial charge on any atom is 0.340 e. The molecule has 0 amide bonds. The third kappa shape index (κ3) is 2.92. The molecule has 0 atom stereocenters. The number of hydrogen-bond donors (Lipinski definition) is 1. The number of halogens is 2. The summed E-state index contributed by atoms with van der Waals surface area (Å²) in [5.41, 5.74) is 2.06. The number of nitrogens with one attached hydrogen (secondary N) is 1. The van der Waals surface area contributed by atoms with E-state index in [9.17, 15) is 14.9 Å². The molecule has 6 nitrogen and oxygen atoms in total. The van der Waals surface area contributed by atoms with Crippen molar-refractivity contribution in [2.45, 2.75) is 0 Å². The van der Waals surface area contributed by atoms with E-state index in [0.29, 0.717) is 8.95 Å². The van der Waals surface area contributed by atoms with Crippen molar-refractivity contribution in [3.8, 4) is 0 Å². The maximum atomic E-state index is 11.4. The molecule has 0 saturated heterocycles. The Morgan fingerprint density at radius 3 is 2.62 bits per heavy atom. The lowest BCUT2D eigenvalue weighted by Crippen LogP contribution is -2.13. The number of carbonyl (C=O) groups is 1. The lowest BCUT2D eigenvalue weighted by Gasteiger charge is -2.07. The molecular formula is C8H6Br2N2O4. The third-order valence-corrected chi connectivity index (χ3v) is 2.75. The Balaban J connectivity index is 3.31. The zero-order valence-corrected chi connectivity index (χ0v) is 11.2. The number of ether oxygens (including phenoxy) is 1. The van der Waals surface area contributed by atoms with Gasteiger partial charge in [0.1, 0.15) is 5.69 Å². The number of carbonyl (C=O) groups excluding carboxylic acids is 1. The van der Waals surface area contributed by atoms with Crippen LogP contribution in [0.25, 0.3) is 0 Å². The summed E-state index contributed by atoms with van der Waals surface area (Å²) in [6.07, 6.45) is 0. The van der Waals surface area contributed by atoms with Gasteiger partial charge in [-0.1, -0.05) is 15.9 Å². The molecule has 16 heavy (non-hydrogen) atoms. The van der Waals surface area contributed by atoms with Gasteiger partial charge in [-0.05, 0) is 28.1 Å². The molecule has 1 aromatic carbocycles. The van der Waals surface area contributed by atoms with Crippen molar-refractivity contribution in [2.24, 2.45) is 0 Å². The molecule has 8 heteroatoms. The number of nitro groups is 1. The van der Waals surface area contributed by atoms with Crippen LogP contribution in [-0.2, 0) is 4.74 Å². The topological polar surface area (TPSA) is 81.5 Å². The quantitative estimate of drug-likeness (QED) is 0.513. The Hall–Kier alpha value is -1.15. The van der Waals surface area contributed by atoms with Crippen molar-refractivity contribution in [1.82, 2.24) is 0 Å². The number of hydrazine groups is 1. The van der Waals surface area contributed by atoms with E-state index >= 15 is 0 Å². The van der Waals surface area contributed by atoms with Crippen molar-refractivity contribution in [3.05, 3.63) is 36.8 Å². The highest BCUT2D eigenvalue weighted by atomic mass is 79.9. The van der Waals surface area contributed by atoms with Crippen LogP contribution in [0.1, 0.15) is 10.4 Å². The van der Waals surface area contributed by atoms with Crippen molar-refractivity contribution in [2.75, 3.05) is 12.5 Å². The van der Waals surface area contributed by atoms with Gasteiger partial charge in [0.25, 0.3) is 0 Å². The highest BCUT2D eigenvalue weighted by molar-refractivity contribution is 9.11. The summed E-state index contributed by atoms with van der Waals surface area (Å²) in [7, 11) is 1.20. The molecule has 0 aliphatic rings. The van der Waals surface area contributed by atoms with Crippen molar-refractivity contribution in [3.63, 3.8) is 0 Å². The Morgan fingerprint density at radius 2 is 2.12 bits per heavy atom. The lowest BCUT2D eigenvalue weighted by molar-refractivity contribution is -0.445. The Morgan fingerprint density at radius 1 is 1.50 bits per heavy atom. The Labute approximate surface area is 107 Å². The summed E-state index contributed by atoms with van der Waals surface area (Å²) in [4.78, 5) is 21.8. The molecule has 0 heterocycles. The van der Waals surface area contributed by atoms with Crippen LogP contribution in [0.3, 0.4) is 0 Å². The second-order valence-corrected chi connectivity index (χ2v) is 4.44. The number of esters is 1. The van der Waals surface area contributed by atoms with Crippen LogP contribution in [0.5, 0.6) is 0 Å². The smallest absolute Gasteiger partial charge is 0.340 e. The van der Waals surface area contributed by atoms with Gasteiger partial charge in [0.15, 0.2) is 5.03 Å². The average molecular weight is 354 g/mol. The van der Waals surface area contributed by atoms with Gasteiger partial charge in [-0.15, -0.1) is 5.43 Å². The standard InChI is InChI=1S/C8H6Br2N2O4/c1-16-8(13)5-2-4(9)3-6(10)7(5)11-12(14)15/h2-3,11H,1H3. The van der Waals surface area contributed by atoms with Gasteiger partial charge in [0, 0.05) is 8.95 Å². The fourth-order valence-corrected chi connectivity index (χ4v) is 2.36. The molecule has 0 radical (unpaired) electrons. The molecule has 0 saturated carbocycles. The van der Waals surface area contributed by atoms with Crippen LogP contribution in [0.15, 0.2) is 21.1 Å². The second-order valence-electron chi connectivity index (χ2n) is 2.67. The van der Waals surface area contributed by atoms with Gasteiger partial charge in [0.2, 0.25) is 0 Å². The molecule has 0 bridgehead atoms. The summed E-state index contributed by atoms with van der Waals surface area (Å²) in [6, 6.07) is 3.01. The minimum Gasteiger partial charge on any atom is -0.465 e. The summed E-state index contributed by atoms with van der Waals surface area (Å²) in [6.45, 7) is 0. The molecule has 0 spiro atoms. The fourth-order valence-electron chi connectivity index (χ4n) is 1.05. The van der Waals surface area contributed by atoms with E-state index in [2.05, 4.69) is 36.6 Å². The zero-order chi connectivity index (χ0) is 12.3. The van der Waals surface area contributed by atoms with Gasteiger partial charge in [0.05, 0.1) is 12.7 Å². The number of rotatable bonds is 3. The first-order valence-electron chi connectivity index (χ1n) is 3.94. The Bertz CT molecular complexity index is 450. The molecule has 0 aliphatic carbocycles. The minimum atomic E-state index is -0.750. The second kappa shape index (κ2) is 5.26. The molecule has 0 fully saturated rings. The SMILES string of the molecule is COC(=O)c1cc(Br)cc(Br)c1N[N+](=O)[O-]. The molecule has 1 N–H and O–H groups in total. The van der Waals surface area contributed by atoms with Crippen molar-refractivity contribution < 1.29 is 14.6 Å². The van der Waals surface area contributed by atoms with Gasteiger partial charge in [-0.25, -0.2) is 14.9 Å². The molecule has 1 aromatic rings. The van der Waals surface area contributed by atoms with Crippen LogP contribution in [-0.4, -0.2) is 18.1 Å². The van der Waals surface area contributed by atoms with Gasteiger partial charge >= 0.3 is 5.97 Å². The highest BCUT2D eigenvalue weighted by Crippen LogP contribution is 2.31. The summed E-state index contributed by atoms with van der Waals surface area (Å²) < 4.78 is 5.52. The van der Waals surface area contributed by atoms with Crippen molar-refractivity contribution >= 4 is 43.5 Å². The van der Waals surface area contributed by atoms with E-state index in [1.807, 2.05) is 5.43 Å². The molecule has 1 rings (SSSR count). The monoisotopic (exact) mass is 352 g/mol. The number of anilines is 1. The first kappa shape index (κ1) is 12.9. The number of benzene rings is 1. The highest BCUT2D eigenvalue weighted by Gasteiger charge is 2.19. The summed E-state index contributed by atoms with van der Waals surface area (Å²) >= 11 is 6.29. The maximum absolute atomic E-state index is 11.4. The van der Waals surface area contributed by atoms with Crippen LogP contribution in [0.4, 0.5) is 5.69 Å². The normalized spacial score (nSPS) is 9.69. The van der Waals surface area contributed by atoms with Crippen LogP contribution in [0, 0.1) is 10.1 Å². The van der Waals surface area contributed by atoms with Crippen LogP contribution < -0.4 is 5.43 Å². The van der Waals surface area contributed by atoms with Crippen LogP contribution in [0.2, 0.25) is 0 Å². The Kier molecular flexibility index (Phi) is 4.25. The third-order valence-electron chi connectivity index (χ3n) is 1.66. The van der Waals surface area contributed by atoms with E-state index in [-0.39, 0.29) is 11.3 Å². The van der Waals surface area contributed by atoms with Gasteiger partial charge in [-0.3, -0.25) is 0 Å². The average Bonchev–Trinajstić information content (AvgIpc) is 2.20. The zero-order valence-electron chi connectivity index (χ0n) is 7.99. The summed E-state index contributed by atoms with van der Waals surface area (Å²) in [5.74, 6) is -0.661. The predicted molar refractivity (Wildman–Crippen MR) is 63.8 cm³/mol. The molecule has 0 aliphatic heterocycles. The van der Waals surface area contributed by atoms with E-state index in [1.54, 1.807) is 6.07 Å². The first-order valence-corrected chi connectivity index (χ1v) is 5.52. The number of hydrogen-bond acceptors (Lipinski definition) is 4. The van der Waals surface area contributed by atoms with E-state index in [0.717, 1.165) is 0 Å². The fraction of sp³-hybridized carbons (Fsp3) is 0.125. The van der Waals surface area contributed by atoms with Gasteiger partial charge < -0.3 is 4.74 Å². The molecular weight excluding hydrogens is 348 g/mol. The van der Waals surface area contributed by atoms with Crippen LogP contribution >= 0.6 is 31.9 Å².